The summed E-state index contributed by atoms with van der Waals surface area (Å²) >= 11 is 3.39. The van der Waals surface area contributed by atoms with Crippen LogP contribution < -0.4 is 10.6 Å². The third-order valence-corrected chi connectivity index (χ3v) is 5.75. The predicted molar refractivity (Wildman–Crippen MR) is 120 cm³/mol. The number of carbonyl (C=O) groups is 3. The molecule has 0 spiro atoms. The van der Waals surface area contributed by atoms with Crippen molar-refractivity contribution in [2.24, 2.45) is 5.92 Å². The Hall–Kier alpha value is -2.87. The van der Waals surface area contributed by atoms with Gasteiger partial charge in [0.2, 0.25) is 11.8 Å². The molecule has 8 heteroatoms. The maximum Gasteiger partial charge on any atom is 0.321 e. The largest absolute Gasteiger partial charge is 0.336 e. The third-order valence-electron chi connectivity index (χ3n) is 5.06. The second-order valence-corrected chi connectivity index (χ2v) is 8.13. The number of likely N-dealkylation sites (N-methyl/N-ethyl adjacent to an activating group) is 1. The lowest BCUT2D eigenvalue weighted by Crippen LogP contribution is -2.46. The van der Waals surface area contributed by atoms with E-state index in [1.165, 1.54) is 4.90 Å². The van der Waals surface area contributed by atoms with Gasteiger partial charge in [0.15, 0.2) is 0 Å². The van der Waals surface area contributed by atoms with Crippen molar-refractivity contribution in [3.8, 4) is 0 Å². The second-order valence-electron chi connectivity index (χ2n) is 7.28. The van der Waals surface area contributed by atoms with Crippen LogP contribution in [0.1, 0.15) is 12.8 Å². The van der Waals surface area contributed by atoms with Crippen LogP contribution in [0.2, 0.25) is 0 Å². The lowest BCUT2D eigenvalue weighted by Gasteiger charge is -2.33. The first-order valence-corrected chi connectivity index (χ1v) is 10.6. The molecule has 7 nitrogen and oxygen atoms in total. The summed E-state index contributed by atoms with van der Waals surface area (Å²) < 4.78 is 0.786. The van der Waals surface area contributed by atoms with Crippen molar-refractivity contribution in [2.45, 2.75) is 12.8 Å². The molecule has 0 bridgehead atoms. The van der Waals surface area contributed by atoms with Gasteiger partial charge in [-0.3, -0.25) is 9.59 Å². The summed E-state index contributed by atoms with van der Waals surface area (Å²) in [7, 11) is 1.64. The quantitative estimate of drug-likeness (QED) is 0.694. The van der Waals surface area contributed by atoms with Crippen LogP contribution in [0.25, 0.3) is 0 Å². The number of likely N-dealkylation sites (tertiary alicyclic amines) is 1. The van der Waals surface area contributed by atoms with Crippen molar-refractivity contribution in [3.05, 3.63) is 59.1 Å². The Bertz CT molecular complexity index is 898. The molecule has 1 aliphatic rings. The van der Waals surface area contributed by atoms with Crippen molar-refractivity contribution in [2.75, 3.05) is 37.3 Å². The summed E-state index contributed by atoms with van der Waals surface area (Å²) in [4.78, 5) is 40.6. The van der Waals surface area contributed by atoms with E-state index >= 15 is 0 Å². The molecular weight excluding hydrogens is 448 g/mol. The lowest BCUT2D eigenvalue weighted by atomic mass is 9.95. The fourth-order valence-electron chi connectivity index (χ4n) is 3.41. The van der Waals surface area contributed by atoms with Crippen LogP contribution in [0.5, 0.6) is 0 Å². The molecule has 0 aromatic heterocycles. The summed E-state index contributed by atoms with van der Waals surface area (Å²) in [5, 5.41) is 5.67. The van der Waals surface area contributed by atoms with E-state index in [-0.39, 0.29) is 30.3 Å². The van der Waals surface area contributed by atoms with Gasteiger partial charge in [-0.25, -0.2) is 4.79 Å². The number of hydrogen-bond donors (Lipinski definition) is 2. The van der Waals surface area contributed by atoms with Crippen molar-refractivity contribution in [1.29, 1.82) is 0 Å². The first-order valence-electron chi connectivity index (χ1n) is 9.84. The van der Waals surface area contributed by atoms with Crippen LogP contribution in [-0.4, -0.2) is 54.3 Å². The zero-order valence-corrected chi connectivity index (χ0v) is 18.4. The van der Waals surface area contributed by atoms with E-state index in [0.717, 1.165) is 10.2 Å². The molecule has 0 radical (unpaired) electrons. The molecule has 1 fully saturated rings. The van der Waals surface area contributed by atoms with Crippen LogP contribution in [0, 0.1) is 5.92 Å². The highest BCUT2D eigenvalue weighted by molar-refractivity contribution is 9.10. The minimum Gasteiger partial charge on any atom is -0.336 e. The van der Waals surface area contributed by atoms with Gasteiger partial charge in [-0.15, -0.1) is 0 Å². The topological polar surface area (TPSA) is 81.8 Å². The maximum absolute atomic E-state index is 12.7. The number of hydrogen-bond acceptors (Lipinski definition) is 3. The lowest BCUT2D eigenvalue weighted by molar-refractivity contribution is -0.138. The highest BCUT2D eigenvalue weighted by atomic mass is 79.9. The predicted octanol–water partition coefficient (Wildman–Crippen LogP) is 3.79. The Balaban J connectivity index is 1.45. The van der Waals surface area contributed by atoms with Crippen molar-refractivity contribution in [3.63, 3.8) is 0 Å². The fraction of sp³-hybridized carbons (Fsp3) is 0.318. The molecule has 4 amide bonds. The Morgan fingerprint density at radius 1 is 1.00 bits per heavy atom. The molecule has 3 rings (SSSR count). The normalized spacial score (nSPS) is 14.1. The molecule has 2 aromatic rings. The summed E-state index contributed by atoms with van der Waals surface area (Å²) in [5.41, 5.74) is 1.41. The summed E-state index contributed by atoms with van der Waals surface area (Å²) in [6.07, 6.45) is 1.16. The number of rotatable bonds is 5. The maximum atomic E-state index is 12.7. The van der Waals surface area contributed by atoms with Crippen LogP contribution in [0.15, 0.2) is 59.1 Å². The van der Waals surface area contributed by atoms with Gasteiger partial charge < -0.3 is 20.4 Å². The Kier molecular flexibility index (Phi) is 7.46. The minimum atomic E-state index is -0.252. The molecule has 1 heterocycles. The number of carbonyl (C=O) groups excluding carboxylic acids is 3. The van der Waals surface area contributed by atoms with Crippen LogP contribution >= 0.6 is 15.9 Å². The van der Waals surface area contributed by atoms with E-state index in [1.54, 1.807) is 18.0 Å². The number of nitrogens with one attached hydrogen (secondary N) is 2. The molecule has 158 valence electrons. The monoisotopic (exact) mass is 472 g/mol. The molecule has 0 unspecified atom stereocenters. The summed E-state index contributed by atoms with van der Waals surface area (Å²) in [5.74, 6) is -0.509. The highest BCUT2D eigenvalue weighted by Crippen LogP contribution is 2.22. The minimum absolute atomic E-state index is 0.0190. The third kappa shape index (κ3) is 5.82. The Morgan fingerprint density at radius 3 is 2.30 bits per heavy atom. The van der Waals surface area contributed by atoms with Crippen LogP contribution in [-0.2, 0) is 9.59 Å². The van der Waals surface area contributed by atoms with Gasteiger partial charge in [-0.05, 0) is 53.0 Å². The number of anilines is 2. The van der Waals surface area contributed by atoms with Crippen molar-refractivity contribution >= 4 is 45.2 Å². The molecule has 2 aromatic carbocycles. The average molecular weight is 473 g/mol. The van der Waals surface area contributed by atoms with Gasteiger partial charge in [-0.1, -0.05) is 30.3 Å². The average Bonchev–Trinajstić information content (AvgIpc) is 2.75. The molecule has 0 saturated carbocycles. The number of nitrogens with zero attached hydrogens (tertiary/aromatic N) is 2. The van der Waals surface area contributed by atoms with Gasteiger partial charge in [0.25, 0.3) is 0 Å². The van der Waals surface area contributed by atoms with Gasteiger partial charge in [0.1, 0.15) is 0 Å². The molecule has 30 heavy (non-hydrogen) atoms. The van der Waals surface area contributed by atoms with Crippen LogP contribution in [0.4, 0.5) is 16.2 Å². The fourth-order valence-corrected chi connectivity index (χ4v) is 3.79. The van der Waals surface area contributed by atoms with Crippen molar-refractivity contribution in [1.82, 2.24) is 9.80 Å². The number of para-hydroxylation sites is 2. The Labute approximate surface area is 184 Å². The second kappa shape index (κ2) is 10.2. The highest BCUT2D eigenvalue weighted by Gasteiger charge is 2.29. The number of amides is 4. The van der Waals surface area contributed by atoms with E-state index in [2.05, 4.69) is 26.6 Å². The van der Waals surface area contributed by atoms with E-state index in [9.17, 15) is 14.4 Å². The SMILES string of the molecule is CN(CC(=O)Nc1ccccc1Br)C(=O)C1CCN(C(=O)Nc2ccccc2)CC1. The molecule has 1 saturated heterocycles. The molecule has 0 atom stereocenters. The van der Waals surface area contributed by atoms with E-state index in [1.807, 2.05) is 48.5 Å². The molecule has 2 N–H and O–H groups in total. The van der Waals surface area contributed by atoms with E-state index in [4.69, 9.17) is 0 Å². The zero-order valence-electron chi connectivity index (χ0n) is 16.8. The summed E-state index contributed by atoms with van der Waals surface area (Å²) in [6.45, 7) is 0.993. The van der Waals surface area contributed by atoms with Crippen LogP contribution in [0.3, 0.4) is 0 Å². The smallest absolute Gasteiger partial charge is 0.321 e. The standard InChI is InChI=1S/C22H25BrN4O3/c1-26(15-20(28)25-19-10-6-5-9-18(19)23)21(29)16-11-13-27(14-12-16)22(30)24-17-7-3-2-4-8-17/h2-10,16H,11-15H2,1H3,(H,24,30)(H,25,28). The first kappa shape index (κ1) is 21.8. The van der Waals surface area contributed by atoms with E-state index < -0.39 is 0 Å². The summed E-state index contributed by atoms with van der Waals surface area (Å²) in [6, 6.07) is 16.5. The zero-order chi connectivity index (χ0) is 21.5. The Morgan fingerprint density at radius 2 is 1.63 bits per heavy atom. The van der Waals surface area contributed by atoms with Gasteiger partial charge in [-0.2, -0.15) is 0 Å². The number of piperidine rings is 1. The number of benzene rings is 2. The van der Waals surface area contributed by atoms with Gasteiger partial charge >= 0.3 is 6.03 Å². The van der Waals surface area contributed by atoms with Gasteiger partial charge in [0, 0.05) is 36.2 Å². The molecule has 1 aliphatic heterocycles. The molecular formula is C22H25BrN4O3. The first-order chi connectivity index (χ1) is 14.4. The number of halogens is 1. The number of urea groups is 1. The van der Waals surface area contributed by atoms with Gasteiger partial charge in [0.05, 0.1) is 12.2 Å². The van der Waals surface area contributed by atoms with Crippen molar-refractivity contribution < 1.29 is 14.4 Å². The van der Waals surface area contributed by atoms with E-state index in [0.29, 0.717) is 31.6 Å². The molecule has 0 aliphatic carbocycles.